The van der Waals surface area contributed by atoms with Gasteiger partial charge in [-0.15, -0.1) is 0 Å². The van der Waals surface area contributed by atoms with Crippen LogP contribution in [0.25, 0.3) is 0 Å². The van der Waals surface area contributed by atoms with Crippen LogP contribution in [0.2, 0.25) is 0 Å². The van der Waals surface area contributed by atoms with E-state index < -0.39 is 0 Å². The highest BCUT2D eigenvalue weighted by molar-refractivity contribution is 5.83. The third kappa shape index (κ3) is 3.02. The molecule has 6 nitrogen and oxygen atoms in total. The van der Waals surface area contributed by atoms with Gasteiger partial charge in [0.05, 0.1) is 12.4 Å². The number of nitrogens with one attached hydrogen (secondary N) is 2. The summed E-state index contributed by atoms with van der Waals surface area (Å²) in [6, 6.07) is 0.796. The molecule has 1 unspecified atom stereocenters. The lowest BCUT2D eigenvalue weighted by Gasteiger charge is -2.30. The summed E-state index contributed by atoms with van der Waals surface area (Å²) in [5.74, 6) is 0.688. The zero-order chi connectivity index (χ0) is 15.8. The molecule has 1 aliphatic heterocycles. The normalized spacial score (nSPS) is 37.2. The molecule has 2 saturated carbocycles. The molecule has 0 radical (unpaired) electrons. The second kappa shape index (κ2) is 6.24. The number of hydrogen-bond acceptors (Lipinski definition) is 4. The molecule has 2 N–H and O–H groups in total. The van der Waals surface area contributed by atoms with Crippen molar-refractivity contribution >= 4 is 5.91 Å². The van der Waals surface area contributed by atoms with Gasteiger partial charge in [-0.3, -0.25) is 9.69 Å². The standard InChI is InChI=1S/C17H26N4O2/c1-23-11-5-6-21(9-11)16-4-2-3-14(16)20-17(22)13-7-12(13)15-8-18-10-19-15/h8,10-14,16H,2-7,9H2,1H3,(H,18,19)(H,20,22)/t11?,12-,13-,14+,16-/m1/s1. The van der Waals surface area contributed by atoms with Crippen LogP contribution in [0, 0.1) is 5.92 Å². The number of carbonyl (C=O) groups is 1. The van der Waals surface area contributed by atoms with Crippen LogP contribution in [0.15, 0.2) is 12.5 Å². The van der Waals surface area contributed by atoms with Crippen molar-refractivity contribution in [3.05, 3.63) is 18.2 Å². The van der Waals surface area contributed by atoms with Crippen molar-refractivity contribution in [2.24, 2.45) is 5.92 Å². The summed E-state index contributed by atoms with van der Waals surface area (Å²) in [5.41, 5.74) is 1.09. The van der Waals surface area contributed by atoms with Crippen LogP contribution in [0.4, 0.5) is 0 Å². The fraction of sp³-hybridized carbons (Fsp3) is 0.765. The molecule has 0 aromatic carbocycles. The number of amides is 1. The zero-order valence-electron chi connectivity index (χ0n) is 13.7. The average molecular weight is 318 g/mol. The number of rotatable bonds is 5. The molecule has 3 aliphatic rings. The van der Waals surface area contributed by atoms with Crippen LogP contribution in [0.5, 0.6) is 0 Å². The number of aromatic amines is 1. The number of aromatic nitrogens is 2. The predicted octanol–water partition coefficient (Wildman–Crippen LogP) is 1.27. The fourth-order valence-corrected chi connectivity index (χ4v) is 4.38. The quantitative estimate of drug-likeness (QED) is 0.858. The van der Waals surface area contributed by atoms with Gasteiger partial charge in [0.2, 0.25) is 5.91 Å². The average Bonchev–Trinajstić information content (AvgIpc) is 2.98. The number of imidazole rings is 1. The van der Waals surface area contributed by atoms with Crippen LogP contribution in [0.1, 0.15) is 43.7 Å². The minimum Gasteiger partial charge on any atom is -0.380 e. The highest BCUT2D eigenvalue weighted by Gasteiger charge is 2.46. The highest BCUT2D eigenvalue weighted by atomic mass is 16.5. The molecule has 1 amide bonds. The molecule has 4 rings (SSSR count). The van der Waals surface area contributed by atoms with E-state index in [1.165, 1.54) is 12.8 Å². The molecule has 1 aromatic rings. The summed E-state index contributed by atoms with van der Waals surface area (Å²) < 4.78 is 5.48. The van der Waals surface area contributed by atoms with E-state index in [0.29, 0.717) is 24.1 Å². The third-order valence-corrected chi connectivity index (χ3v) is 5.83. The van der Waals surface area contributed by atoms with Crippen LogP contribution in [0.3, 0.4) is 0 Å². The molecule has 126 valence electrons. The summed E-state index contributed by atoms with van der Waals surface area (Å²) in [5, 5.41) is 3.34. The number of hydrogen-bond donors (Lipinski definition) is 2. The van der Waals surface area contributed by atoms with Gasteiger partial charge in [-0.2, -0.15) is 0 Å². The first-order chi connectivity index (χ1) is 11.3. The van der Waals surface area contributed by atoms with Crippen molar-refractivity contribution in [2.75, 3.05) is 20.2 Å². The monoisotopic (exact) mass is 318 g/mol. The Morgan fingerprint density at radius 1 is 1.43 bits per heavy atom. The van der Waals surface area contributed by atoms with Gasteiger partial charge >= 0.3 is 0 Å². The molecule has 6 heteroatoms. The molecule has 2 aliphatic carbocycles. The Labute approximate surface area is 137 Å². The topological polar surface area (TPSA) is 70.2 Å². The van der Waals surface area contributed by atoms with Crippen molar-refractivity contribution in [3.63, 3.8) is 0 Å². The van der Waals surface area contributed by atoms with Gasteiger partial charge in [0.1, 0.15) is 0 Å². The maximum Gasteiger partial charge on any atom is 0.224 e. The molecule has 2 heterocycles. The smallest absolute Gasteiger partial charge is 0.224 e. The van der Waals surface area contributed by atoms with Gasteiger partial charge in [0.25, 0.3) is 0 Å². The molecule has 1 saturated heterocycles. The van der Waals surface area contributed by atoms with E-state index in [4.69, 9.17) is 4.74 Å². The van der Waals surface area contributed by atoms with Gasteiger partial charge < -0.3 is 15.0 Å². The molecular formula is C17H26N4O2. The minimum absolute atomic E-state index is 0.127. The fourth-order valence-electron chi connectivity index (χ4n) is 4.38. The number of carbonyl (C=O) groups excluding carboxylic acids is 1. The molecular weight excluding hydrogens is 292 g/mol. The van der Waals surface area contributed by atoms with Crippen LogP contribution in [-0.2, 0) is 9.53 Å². The highest BCUT2D eigenvalue weighted by Crippen LogP contribution is 2.46. The van der Waals surface area contributed by atoms with E-state index in [1.807, 2.05) is 6.20 Å². The zero-order valence-corrected chi connectivity index (χ0v) is 13.7. The maximum atomic E-state index is 12.6. The van der Waals surface area contributed by atoms with Crippen molar-refractivity contribution in [3.8, 4) is 0 Å². The molecule has 3 fully saturated rings. The van der Waals surface area contributed by atoms with E-state index in [0.717, 1.165) is 38.0 Å². The van der Waals surface area contributed by atoms with Crippen molar-refractivity contribution in [2.45, 2.75) is 56.2 Å². The number of ether oxygens (including phenoxy) is 1. The summed E-state index contributed by atoms with van der Waals surface area (Å²) in [6.07, 6.45) is 9.44. The SMILES string of the molecule is COC1CCN([C@@H]2CCC[C@@H]2NC(=O)[C@@H]2C[C@H]2c2cnc[nH]2)C1. The second-order valence-electron chi connectivity index (χ2n) is 7.21. The van der Waals surface area contributed by atoms with Crippen LogP contribution >= 0.6 is 0 Å². The number of nitrogens with zero attached hydrogens (tertiary/aromatic N) is 2. The van der Waals surface area contributed by atoms with E-state index in [2.05, 4.69) is 20.2 Å². The Balaban J connectivity index is 1.32. The number of methoxy groups -OCH3 is 1. The second-order valence-corrected chi connectivity index (χ2v) is 7.21. The minimum atomic E-state index is 0.127. The predicted molar refractivity (Wildman–Crippen MR) is 86.0 cm³/mol. The Hall–Kier alpha value is -1.40. The first-order valence-electron chi connectivity index (χ1n) is 8.81. The lowest BCUT2D eigenvalue weighted by Crippen LogP contribution is -2.48. The Bertz CT molecular complexity index is 547. The maximum absolute atomic E-state index is 12.6. The lowest BCUT2D eigenvalue weighted by atomic mass is 10.1. The van der Waals surface area contributed by atoms with Gasteiger partial charge in [-0.25, -0.2) is 4.98 Å². The molecule has 23 heavy (non-hydrogen) atoms. The van der Waals surface area contributed by atoms with E-state index in [-0.39, 0.29) is 11.8 Å². The van der Waals surface area contributed by atoms with Crippen LogP contribution < -0.4 is 5.32 Å². The van der Waals surface area contributed by atoms with Crippen molar-refractivity contribution in [1.82, 2.24) is 20.2 Å². The summed E-state index contributed by atoms with van der Waals surface area (Å²) in [6.45, 7) is 2.10. The molecule has 0 bridgehead atoms. The third-order valence-electron chi connectivity index (χ3n) is 5.83. The van der Waals surface area contributed by atoms with Gasteiger partial charge in [0.15, 0.2) is 0 Å². The number of H-pyrrole nitrogens is 1. The van der Waals surface area contributed by atoms with Crippen molar-refractivity contribution in [1.29, 1.82) is 0 Å². The summed E-state index contributed by atoms with van der Waals surface area (Å²) in [4.78, 5) is 22.3. The molecule has 5 atom stereocenters. The van der Waals surface area contributed by atoms with Crippen molar-refractivity contribution < 1.29 is 9.53 Å². The largest absolute Gasteiger partial charge is 0.380 e. The van der Waals surface area contributed by atoms with E-state index >= 15 is 0 Å². The Kier molecular flexibility index (Phi) is 4.11. The lowest BCUT2D eigenvalue weighted by molar-refractivity contribution is -0.123. The number of likely N-dealkylation sites (tertiary alicyclic amines) is 1. The summed E-state index contributed by atoms with van der Waals surface area (Å²) in [7, 11) is 1.80. The molecule has 1 aromatic heterocycles. The van der Waals surface area contributed by atoms with E-state index in [1.54, 1.807) is 13.4 Å². The summed E-state index contributed by atoms with van der Waals surface area (Å²) >= 11 is 0. The molecule has 0 spiro atoms. The van der Waals surface area contributed by atoms with Gasteiger partial charge in [-0.1, -0.05) is 0 Å². The first-order valence-corrected chi connectivity index (χ1v) is 8.81. The van der Waals surface area contributed by atoms with Gasteiger partial charge in [-0.05, 0) is 32.1 Å². The van der Waals surface area contributed by atoms with Crippen LogP contribution in [-0.4, -0.2) is 59.2 Å². The Morgan fingerprint density at radius 3 is 3.09 bits per heavy atom. The first kappa shape index (κ1) is 15.1. The Morgan fingerprint density at radius 2 is 2.35 bits per heavy atom. The van der Waals surface area contributed by atoms with Gasteiger partial charge in [0, 0.05) is 56.0 Å². The van der Waals surface area contributed by atoms with E-state index in [9.17, 15) is 4.79 Å².